The summed E-state index contributed by atoms with van der Waals surface area (Å²) in [7, 11) is 0. The van der Waals surface area contributed by atoms with Gasteiger partial charge in [-0.05, 0) is 18.6 Å². The minimum atomic E-state index is -1.14. The Morgan fingerprint density at radius 1 is 1.67 bits per heavy atom. The Morgan fingerprint density at radius 2 is 2.27 bits per heavy atom. The Hall–Kier alpha value is -0.940. The Balaban J connectivity index is 3.03. The molecule has 0 aliphatic heterocycles. The van der Waals surface area contributed by atoms with Crippen LogP contribution in [0.25, 0.3) is 0 Å². The van der Waals surface area contributed by atoms with Crippen LogP contribution in [0.15, 0.2) is 16.6 Å². The predicted octanol–water partition coefficient (Wildman–Crippen LogP) is 1.85. The van der Waals surface area contributed by atoms with E-state index in [0.717, 1.165) is 5.56 Å². The molecule has 0 spiro atoms. The van der Waals surface area contributed by atoms with Crippen molar-refractivity contribution in [3.05, 3.63) is 33.5 Å². The normalized spacial score (nSPS) is 12.5. The molecule has 0 radical (unpaired) electrons. The lowest BCUT2D eigenvalue weighted by Gasteiger charge is -2.11. The van der Waals surface area contributed by atoms with E-state index in [0.29, 0.717) is 10.0 Å². The van der Waals surface area contributed by atoms with Crippen molar-refractivity contribution >= 4 is 21.9 Å². The van der Waals surface area contributed by atoms with Crippen molar-refractivity contribution in [3.63, 3.8) is 0 Å². The molecule has 0 aliphatic rings. The van der Waals surface area contributed by atoms with Crippen LogP contribution in [-0.4, -0.2) is 17.1 Å². The number of carbonyl (C=O) groups is 1. The highest BCUT2D eigenvalue weighted by atomic mass is 79.9. The van der Waals surface area contributed by atoms with E-state index in [4.69, 9.17) is 10.8 Å². The molecule has 0 aliphatic carbocycles. The van der Waals surface area contributed by atoms with Gasteiger partial charge in [-0.2, -0.15) is 0 Å². The summed E-state index contributed by atoms with van der Waals surface area (Å²) in [6, 6.07) is 1.84. The molecule has 0 saturated heterocycles. The van der Waals surface area contributed by atoms with E-state index < -0.39 is 17.8 Å². The fraction of sp³-hybridized carbons (Fsp3) is 0.300. The van der Waals surface area contributed by atoms with Crippen molar-refractivity contribution in [2.45, 2.75) is 19.4 Å². The van der Waals surface area contributed by atoms with Crippen LogP contribution in [-0.2, 0) is 11.2 Å². The molecule has 1 aromatic carbocycles. The number of benzene rings is 1. The lowest BCUT2D eigenvalue weighted by molar-refractivity contribution is -0.138. The van der Waals surface area contributed by atoms with Gasteiger partial charge in [0.25, 0.3) is 0 Å². The number of hydrogen-bond donors (Lipinski definition) is 2. The second-order valence-corrected chi connectivity index (χ2v) is 4.10. The molecule has 0 heterocycles. The molecule has 1 rings (SSSR count). The molecule has 0 saturated carbocycles. The molecule has 3 nitrogen and oxygen atoms in total. The van der Waals surface area contributed by atoms with Crippen LogP contribution in [0.1, 0.15) is 11.1 Å². The minimum Gasteiger partial charge on any atom is -0.480 e. The molecule has 15 heavy (non-hydrogen) atoms. The Labute approximate surface area is 95.2 Å². The Kier molecular flexibility index (Phi) is 3.82. The summed E-state index contributed by atoms with van der Waals surface area (Å²) in [4.78, 5) is 10.5. The quantitative estimate of drug-likeness (QED) is 0.885. The van der Waals surface area contributed by atoms with E-state index in [-0.39, 0.29) is 6.42 Å². The third kappa shape index (κ3) is 2.76. The molecule has 0 bridgehead atoms. The predicted molar refractivity (Wildman–Crippen MR) is 58.2 cm³/mol. The third-order valence-corrected chi connectivity index (χ3v) is 3.22. The average Bonchev–Trinajstić information content (AvgIpc) is 2.18. The van der Waals surface area contributed by atoms with Crippen molar-refractivity contribution < 1.29 is 14.3 Å². The van der Waals surface area contributed by atoms with Crippen LogP contribution in [0.2, 0.25) is 0 Å². The fourth-order valence-electron chi connectivity index (χ4n) is 1.21. The summed E-state index contributed by atoms with van der Waals surface area (Å²) < 4.78 is 14.0. The maximum absolute atomic E-state index is 13.4. The summed E-state index contributed by atoms with van der Waals surface area (Å²) in [6.07, 6.45) is -0.0244. The van der Waals surface area contributed by atoms with E-state index in [1.807, 2.05) is 0 Å². The van der Waals surface area contributed by atoms with Crippen LogP contribution in [0, 0.1) is 12.7 Å². The maximum Gasteiger partial charge on any atom is 0.320 e. The van der Waals surface area contributed by atoms with E-state index in [1.54, 1.807) is 13.0 Å². The second-order valence-electron chi connectivity index (χ2n) is 3.31. The first-order valence-electron chi connectivity index (χ1n) is 4.35. The number of aryl methyl sites for hydroxylation is 1. The van der Waals surface area contributed by atoms with Crippen molar-refractivity contribution in [1.29, 1.82) is 0 Å². The van der Waals surface area contributed by atoms with Gasteiger partial charge in [0.05, 0.1) is 0 Å². The van der Waals surface area contributed by atoms with Crippen LogP contribution in [0.5, 0.6) is 0 Å². The largest absolute Gasteiger partial charge is 0.480 e. The second kappa shape index (κ2) is 4.72. The van der Waals surface area contributed by atoms with Crippen molar-refractivity contribution in [2.75, 3.05) is 0 Å². The number of nitrogens with two attached hydrogens (primary N) is 1. The summed E-state index contributed by atoms with van der Waals surface area (Å²) in [5.74, 6) is -1.58. The Morgan fingerprint density at radius 3 is 2.80 bits per heavy atom. The fourth-order valence-corrected chi connectivity index (χ4v) is 1.69. The topological polar surface area (TPSA) is 63.3 Å². The summed E-state index contributed by atoms with van der Waals surface area (Å²) in [6.45, 7) is 1.80. The van der Waals surface area contributed by atoms with Gasteiger partial charge in [-0.3, -0.25) is 4.79 Å². The molecule has 82 valence electrons. The highest BCUT2D eigenvalue weighted by molar-refractivity contribution is 9.10. The van der Waals surface area contributed by atoms with Crippen LogP contribution in [0.3, 0.4) is 0 Å². The zero-order valence-corrected chi connectivity index (χ0v) is 9.71. The van der Waals surface area contributed by atoms with E-state index in [2.05, 4.69) is 15.9 Å². The molecule has 0 fully saturated rings. The number of hydrogen-bond acceptors (Lipinski definition) is 2. The highest BCUT2D eigenvalue weighted by Gasteiger charge is 2.17. The SMILES string of the molecule is Cc1ccc(F)c(CC(N)C(=O)O)c1Br. The van der Waals surface area contributed by atoms with E-state index in [1.165, 1.54) is 6.07 Å². The van der Waals surface area contributed by atoms with Crippen molar-refractivity contribution in [2.24, 2.45) is 5.73 Å². The summed E-state index contributed by atoms with van der Waals surface area (Å²) in [5, 5.41) is 8.63. The third-order valence-electron chi connectivity index (χ3n) is 2.12. The van der Waals surface area contributed by atoms with Crippen LogP contribution in [0.4, 0.5) is 4.39 Å². The lowest BCUT2D eigenvalue weighted by atomic mass is 10.0. The highest BCUT2D eigenvalue weighted by Crippen LogP contribution is 2.24. The molecular formula is C10H11BrFNO2. The number of aliphatic carboxylic acids is 1. The first-order valence-corrected chi connectivity index (χ1v) is 5.14. The minimum absolute atomic E-state index is 0.0244. The number of halogens is 2. The molecule has 0 amide bonds. The molecule has 1 aromatic rings. The average molecular weight is 276 g/mol. The van der Waals surface area contributed by atoms with Gasteiger partial charge < -0.3 is 10.8 Å². The number of carboxylic acids is 1. The molecule has 3 N–H and O–H groups in total. The molecule has 0 aromatic heterocycles. The van der Waals surface area contributed by atoms with Crippen molar-refractivity contribution in [1.82, 2.24) is 0 Å². The summed E-state index contributed by atoms with van der Waals surface area (Å²) >= 11 is 3.22. The zero-order valence-electron chi connectivity index (χ0n) is 8.13. The monoisotopic (exact) mass is 275 g/mol. The van der Waals surface area contributed by atoms with Gasteiger partial charge in [0, 0.05) is 16.5 Å². The molecular weight excluding hydrogens is 265 g/mol. The van der Waals surface area contributed by atoms with E-state index in [9.17, 15) is 9.18 Å². The smallest absolute Gasteiger partial charge is 0.320 e. The summed E-state index contributed by atoms with van der Waals surface area (Å²) in [5.41, 5.74) is 6.51. The molecule has 5 heteroatoms. The van der Waals surface area contributed by atoms with Gasteiger partial charge in [-0.15, -0.1) is 0 Å². The molecule has 1 unspecified atom stereocenters. The first kappa shape index (κ1) is 12.1. The Bertz CT molecular complexity index is 395. The number of carboxylic acid groups (broad SMARTS) is 1. The van der Waals surface area contributed by atoms with Gasteiger partial charge >= 0.3 is 5.97 Å². The number of rotatable bonds is 3. The molecule has 1 atom stereocenters. The van der Waals surface area contributed by atoms with Gasteiger partial charge in [-0.1, -0.05) is 22.0 Å². The lowest BCUT2D eigenvalue weighted by Crippen LogP contribution is -2.32. The first-order chi connectivity index (χ1) is 6.93. The zero-order chi connectivity index (χ0) is 11.6. The van der Waals surface area contributed by atoms with Gasteiger partial charge in [0.1, 0.15) is 11.9 Å². The van der Waals surface area contributed by atoms with Crippen LogP contribution >= 0.6 is 15.9 Å². The maximum atomic E-state index is 13.4. The standard InChI is InChI=1S/C10H11BrFNO2/c1-5-2-3-7(12)6(9(5)11)4-8(13)10(14)15/h2-3,8H,4,13H2,1H3,(H,14,15). The van der Waals surface area contributed by atoms with Crippen molar-refractivity contribution in [3.8, 4) is 0 Å². The van der Waals surface area contributed by atoms with Gasteiger partial charge in [0.15, 0.2) is 0 Å². The van der Waals surface area contributed by atoms with E-state index >= 15 is 0 Å². The van der Waals surface area contributed by atoms with Crippen LogP contribution < -0.4 is 5.73 Å². The van der Waals surface area contributed by atoms with Gasteiger partial charge in [0.2, 0.25) is 0 Å². The van der Waals surface area contributed by atoms with Gasteiger partial charge in [-0.25, -0.2) is 4.39 Å².